The van der Waals surface area contributed by atoms with Gasteiger partial charge in [-0.1, -0.05) is 25.4 Å². The quantitative estimate of drug-likeness (QED) is 0.205. The molecule has 1 saturated heterocycles. The third-order valence-corrected chi connectivity index (χ3v) is 10.5. The summed E-state index contributed by atoms with van der Waals surface area (Å²) in [6.45, 7) is 16.2. The Hall–Kier alpha value is -2.52. The highest BCUT2D eigenvalue weighted by atomic mass is 35.5. The number of likely N-dealkylation sites (N-methyl/N-ethyl adjacent to an activating group) is 1. The van der Waals surface area contributed by atoms with Crippen LogP contribution in [0.25, 0.3) is 16.6 Å². The van der Waals surface area contributed by atoms with Gasteiger partial charge in [0, 0.05) is 68.1 Å². The second-order valence-corrected chi connectivity index (χ2v) is 14.4. The van der Waals surface area contributed by atoms with Gasteiger partial charge in [-0.2, -0.15) is 0 Å². The number of nitrogens with zero attached hydrogens (tertiary/aromatic N) is 5. The van der Waals surface area contributed by atoms with E-state index in [4.69, 9.17) is 16.3 Å². The highest BCUT2D eigenvalue weighted by Crippen LogP contribution is 2.49. The minimum atomic E-state index is -0.418. The summed E-state index contributed by atoms with van der Waals surface area (Å²) >= 11 is 6.89. The van der Waals surface area contributed by atoms with Gasteiger partial charge in [-0.05, 0) is 96.1 Å². The zero-order valence-corrected chi connectivity index (χ0v) is 29.0. The summed E-state index contributed by atoms with van der Waals surface area (Å²) < 4.78 is 22.1. The highest BCUT2D eigenvalue weighted by molar-refractivity contribution is 6.35. The Morgan fingerprint density at radius 3 is 2.60 bits per heavy atom. The van der Waals surface area contributed by atoms with Crippen molar-refractivity contribution in [2.75, 3.05) is 53.5 Å². The van der Waals surface area contributed by atoms with Gasteiger partial charge in [0.05, 0.1) is 34.6 Å². The number of rotatable bonds is 13. The number of aromatic nitrogens is 2. The molecule has 1 spiro atoms. The number of pyridine rings is 1. The topological polar surface area (TPSA) is 53.8 Å². The largest absolute Gasteiger partial charge is 0.383 e. The van der Waals surface area contributed by atoms with E-state index in [9.17, 15) is 9.18 Å². The van der Waals surface area contributed by atoms with Crippen LogP contribution in [0, 0.1) is 17.2 Å². The van der Waals surface area contributed by atoms with Gasteiger partial charge in [-0.3, -0.25) is 14.7 Å². The van der Waals surface area contributed by atoms with Crippen LogP contribution in [-0.4, -0.2) is 95.7 Å². The summed E-state index contributed by atoms with van der Waals surface area (Å²) in [7, 11) is 3.93. The van der Waals surface area contributed by atoms with E-state index >= 15 is 0 Å². The van der Waals surface area contributed by atoms with Gasteiger partial charge in [0.2, 0.25) is 0 Å². The van der Waals surface area contributed by atoms with E-state index in [0.29, 0.717) is 34.8 Å². The number of halogens is 2. The van der Waals surface area contributed by atoms with Crippen molar-refractivity contribution in [3.8, 4) is 5.69 Å². The van der Waals surface area contributed by atoms with Crippen LogP contribution in [-0.2, 0) is 17.6 Å². The van der Waals surface area contributed by atoms with E-state index in [0.717, 1.165) is 68.6 Å². The van der Waals surface area contributed by atoms with Crippen molar-refractivity contribution in [2.24, 2.45) is 11.3 Å². The second kappa shape index (κ2) is 14.1. The summed E-state index contributed by atoms with van der Waals surface area (Å²) in [5, 5.41) is 1.64. The molecule has 0 saturated carbocycles. The molecule has 0 unspecified atom stereocenters. The smallest absolute Gasteiger partial charge is 0.256 e. The molecule has 246 valence electrons. The van der Waals surface area contributed by atoms with E-state index < -0.39 is 5.82 Å². The van der Waals surface area contributed by atoms with Gasteiger partial charge in [0.1, 0.15) is 5.82 Å². The number of carbonyl (C=O) groups excluding carboxylic acids is 1. The predicted octanol–water partition coefficient (Wildman–Crippen LogP) is 6.86. The van der Waals surface area contributed by atoms with Gasteiger partial charge < -0.3 is 19.1 Å². The predicted molar refractivity (Wildman–Crippen MR) is 181 cm³/mol. The number of ether oxygens (including phenoxy) is 1. The first kappa shape index (κ1) is 33.8. The van der Waals surface area contributed by atoms with Crippen LogP contribution < -0.4 is 0 Å². The molecule has 0 radical (unpaired) electrons. The molecule has 9 heteroatoms. The molecule has 45 heavy (non-hydrogen) atoms. The van der Waals surface area contributed by atoms with E-state index in [2.05, 4.69) is 40.2 Å². The molecular weight excluding hydrogens is 589 g/mol. The average molecular weight is 640 g/mol. The number of amides is 1. The van der Waals surface area contributed by atoms with E-state index in [-0.39, 0.29) is 17.4 Å². The van der Waals surface area contributed by atoms with Crippen molar-refractivity contribution in [2.45, 2.75) is 78.8 Å². The number of fused-ring (bicyclic) bond motifs is 3. The van der Waals surface area contributed by atoms with Gasteiger partial charge in [0.15, 0.2) is 0 Å². The maximum Gasteiger partial charge on any atom is 0.256 e. The molecule has 1 fully saturated rings. The average Bonchev–Trinajstić information content (AvgIpc) is 3.31. The molecule has 1 amide bonds. The Morgan fingerprint density at radius 1 is 1.18 bits per heavy atom. The number of methoxy groups -OCH3 is 1. The third-order valence-electron chi connectivity index (χ3n) is 10.2. The first-order valence-electron chi connectivity index (χ1n) is 16.7. The van der Waals surface area contributed by atoms with Crippen molar-refractivity contribution in [1.29, 1.82) is 0 Å². The van der Waals surface area contributed by atoms with Crippen LogP contribution in [0.2, 0.25) is 5.02 Å². The van der Waals surface area contributed by atoms with Crippen LogP contribution in [0.3, 0.4) is 0 Å². The Bertz CT molecular complexity index is 1500. The maximum absolute atomic E-state index is 14.7. The van der Waals surface area contributed by atoms with Crippen molar-refractivity contribution in [3.63, 3.8) is 0 Å². The molecule has 0 bridgehead atoms. The molecular formula is C36H51ClFN5O2. The second-order valence-electron chi connectivity index (χ2n) is 14.0. The molecule has 1 atom stereocenters. The standard InChI is InChI=1S/C36H51ClFN5O2/c1-8-42(25(4)5)35(44)27-18-26(38)11-12-31(27)43-32-13-14-36(19-28(32)34-29(37)20-39-21-33(34)43)22-41(23-36)30(24(2)3)10-9-15-40(6)16-17-45-7/h11-12,18,20-21,24-25,30H,8-10,13-17,19,22-23H2,1-7H3/t30-/m0/s1. The zero-order chi connectivity index (χ0) is 32.5. The lowest BCUT2D eigenvalue weighted by molar-refractivity contribution is -0.0557. The first-order chi connectivity index (χ1) is 21.5. The van der Waals surface area contributed by atoms with Crippen LogP contribution in [0.4, 0.5) is 4.39 Å². The van der Waals surface area contributed by atoms with E-state index in [1.54, 1.807) is 24.3 Å². The number of benzene rings is 1. The Balaban J connectivity index is 1.43. The van der Waals surface area contributed by atoms with Crippen LogP contribution in [0.5, 0.6) is 0 Å². The van der Waals surface area contributed by atoms with Gasteiger partial charge >= 0.3 is 0 Å². The molecule has 1 aliphatic heterocycles. The summed E-state index contributed by atoms with van der Waals surface area (Å²) in [5.41, 5.74) is 4.57. The molecule has 1 aromatic carbocycles. The van der Waals surface area contributed by atoms with Crippen LogP contribution in [0.1, 0.15) is 75.5 Å². The molecule has 1 aliphatic carbocycles. The lowest BCUT2D eigenvalue weighted by Crippen LogP contribution is -2.62. The Labute approximate surface area is 273 Å². The highest BCUT2D eigenvalue weighted by Gasteiger charge is 2.48. The van der Waals surface area contributed by atoms with Gasteiger partial charge in [-0.15, -0.1) is 0 Å². The van der Waals surface area contributed by atoms with Crippen molar-refractivity contribution >= 4 is 28.4 Å². The Morgan fingerprint density at radius 2 is 1.93 bits per heavy atom. The molecule has 2 aromatic heterocycles. The Kier molecular flexibility index (Phi) is 10.6. The molecule has 3 heterocycles. The third kappa shape index (κ3) is 6.80. The molecule has 5 rings (SSSR count). The lowest BCUT2D eigenvalue weighted by atomic mass is 9.66. The molecule has 2 aliphatic rings. The zero-order valence-electron chi connectivity index (χ0n) is 28.2. The number of carbonyl (C=O) groups is 1. The van der Waals surface area contributed by atoms with E-state index in [1.807, 2.05) is 27.0 Å². The SMILES string of the molecule is CCN(C(=O)c1cc(F)ccc1-n1c2c(c3c(Cl)cncc31)CC1(CC2)CN([C@@H](CCCN(C)CCOC)C(C)C)C1)C(C)C. The van der Waals surface area contributed by atoms with Crippen molar-refractivity contribution in [1.82, 2.24) is 24.3 Å². The minimum absolute atomic E-state index is 0.00213. The monoisotopic (exact) mass is 639 g/mol. The fourth-order valence-corrected chi connectivity index (χ4v) is 8.12. The summed E-state index contributed by atoms with van der Waals surface area (Å²) in [4.78, 5) is 25.1. The molecule has 7 nitrogen and oxygen atoms in total. The van der Waals surface area contributed by atoms with Gasteiger partial charge in [-0.25, -0.2) is 4.39 Å². The minimum Gasteiger partial charge on any atom is -0.383 e. The van der Waals surface area contributed by atoms with Crippen molar-refractivity contribution < 1.29 is 13.9 Å². The molecule has 3 aromatic rings. The van der Waals surface area contributed by atoms with Crippen LogP contribution in [0.15, 0.2) is 30.6 Å². The number of likely N-dealkylation sites (tertiary alicyclic amines) is 1. The van der Waals surface area contributed by atoms with E-state index in [1.165, 1.54) is 30.5 Å². The molecule has 0 N–H and O–H groups in total. The summed E-state index contributed by atoms with van der Waals surface area (Å²) in [6, 6.07) is 5.14. The fraction of sp³-hybridized carbons (Fsp3) is 0.611. The normalized spacial score (nSPS) is 17.0. The van der Waals surface area contributed by atoms with Crippen molar-refractivity contribution in [3.05, 3.63) is 58.3 Å². The number of hydrogen-bond donors (Lipinski definition) is 0. The maximum atomic E-state index is 14.7. The fourth-order valence-electron chi connectivity index (χ4n) is 7.85. The van der Waals surface area contributed by atoms with Crippen LogP contribution >= 0.6 is 11.6 Å². The summed E-state index contributed by atoms with van der Waals surface area (Å²) in [5.74, 6) is 0.00790. The summed E-state index contributed by atoms with van der Waals surface area (Å²) in [6.07, 6.45) is 8.81. The first-order valence-corrected chi connectivity index (χ1v) is 17.1. The number of hydrogen-bond acceptors (Lipinski definition) is 5. The lowest BCUT2D eigenvalue weighted by Gasteiger charge is -2.56. The van der Waals surface area contributed by atoms with Gasteiger partial charge in [0.25, 0.3) is 5.91 Å².